The Balaban J connectivity index is 1.77. The van der Waals surface area contributed by atoms with Crippen molar-refractivity contribution in [3.05, 3.63) is 41.5 Å². The van der Waals surface area contributed by atoms with E-state index in [1.54, 1.807) is 0 Å². The summed E-state index contributed by atoms with van der Waals surface area (Å²) >= 11 is 6.25. The van der Waals surface area contributed by atoms with E-state index in [-0.39, 0.29) is 5.41 Å². The summed E-state index contributed by atoms with van der Waals surface area (Å²) in [5.41, 5.74) is 4.88. The summed E-state index contributed by atoms with van der Waals surface area (Å²) in [6, 6.07) is 8.80. The highest BCUT2D eigenvalue weighted by molar-refractivity contribution is 6.19. The van der Waals surface area contributed by atoms with E-state index in [0.29, 0.717) is 11.3 Å². The standard InChI is InChI=1S/C22H33Cl/c1-21(2,3)15-11-7-5-6-8-12-18-16-22(4,17-23)20-14-10-9-13-19(18)20/h9-10,13-14,16H,5-8,11-12,15,17H2,1-4H3. The maximum Gasteiger partial charge on any atom is 0.0353 e. The molecule has 2 rings (SSSR count). The first-order chi connectivity index (χ1) is 10.9. The molecule has 0 spiro atoms. The molecule has 0 fully saturated rings. The number of halogens is 1. The van der Waals surface area contributed by atoms with E-state index in [0.717, 1.165) is 0 Å². The van der Waals surface area contributed by atoms with E-state index in [1.807, 2.05) is 0 Å². The fourth-order valence-corrected chi connectivity index (χ4v) is 3.84. The minimum absolute atomic E-state index is 0.0280. The first-order valence-corrected chi connectivity index (χ1v) is 9.77. The van der Waals surface area contributed by atoms with Crippen LogP contribution in [0.3, 0.4) is 0 Å². The number of allylic oxidation sites excluding steroid dienone is 2. The second-order valence-electron chi connectivity index (χ2n) is 8.59. The molecular weight excluding hydrogens is 300 g/mol. The quantitative estimate of drug-likeness (QED) is 0.344. The zero-order valence-corrected chi connectivity index (χ0v) is 16.2. The van der Waals surface area contributed by atoms with Crippen LogP contribution in [-0.4, -0.2) is 5.88 Å². The zero-order chi connectivity index (χ0) is 16.9. The van der Waals surface area contributed by atoms with E-state index >= 15 is 0 Å². The van der Waals surface area contributed by atoms with Crippen LogP contribution in [0.1, 0.15) is 83.8 Å². The predicted molar refractivity (Wildman–Crippen MR) is 104 cm³/mol. The molecule has 1 aliphatic carbocycles. The molecule has 1 aromatic rings. The van der Waals surface area contributed by atoms with E-state index in [9.17, 15) is 0 Å². The van der Waals surface area contributed by atoms with Crippen LogP contribution in [0.2, 0.25) is 0 Å². The lowest BCUT2D eigenvalue weighted by atomic mass is 9.87. The van der Waals surface area contributed by atoms with E-state index < -0.39 is 0 Å². The third kappa shape index (κ3) is 5.11. The number of benzene rings is 1. The number of hydrogen-bond donors (Lipinski definition) is 0. The Morgan fingerprint density at radius 2 is 1.61 bits per heavy atom. The van der Waals surface area contributed by atoms with Gasteiger partial charge < -0.3 is 0 Å². The lowest BCUT2D eigenvalue weighted by molar-refractivity contribution is 0.357. The van der Waals surface area contributed by atoms with Gasteiger partial charge in [-0.3, -0.25) is 0 Å². The minimum Gasteiger partial charge on any atom is -0.125 e. The molecule has 0 saturated carbocycles. The summed E-state index contributed by atoms with van der Waals surface area (Å²) in [6.45, 7) is 9.28. The van der Waals surface area contributed by atoms with Crippen molar-refractivity contribution >= 4 is 17.2 Å². The van der Waals surface area contributed by atoms with Gasteiger partial charge in [0.05, 0.1) is 0 Å². The highest BCUT2D eigenvalue weighted by Gasteiger charge is 2.32. The number of rotatable bonds is 8. The molecule has 1 atom stereocenters. The van der Waals surface area contributed by atoms with Gasteiger partial charge in [-0.05, 0) is 41.4 Å². The molecule has 1 unspecified atom stereocenters. The van der Waals surface area contributed by atoms with Crippen molar-refractivity contribution in [1.29, 1.82) is 0 Å². The molecule has 23 heavy (non-hydrogen) atoms. The first-order valence-electron chi connectivity index (χ1n) is 9.23. The van der Waals surface area contributed by atoms with Gasteiger partial charge in [-0.15, -0.1) is 11.6 Å². The SMILES string of the molecule is CC(C)(C)CCCCCCCC1=CC(C)(CCl)c2ccccc21. The van der Waals surface area contributed by atoms with Gasteiger partial charge in [0.15, 0.2) is 0 Å². The third-order valence-electron chi connectivity index (χ3n) is 5.03. The van der Waals surface area contributed by atoms with Gasteiger partial charge >= 0.3 is 0 Å². The Morgan fingerprint density at radius 3 is 2.30 bits per heavy atom. The molecule has 0 bridgehead atoms. The van der Waals surface area contributed by atoms with Gasteiger partial charge in [-0.2, -0.15) is 0 Å². The minimum atomic E-state index is 0.0280. The monoisotopic (exact) mass is 332 g/mol. The fourth-order valence-electron chi connectivity index (χ4n) is 3.62. The molecule has 0 nitrogen and oxygen atoms in total. The highest BCUT2D eigenvalue weighted by atomic mass is 35.5. The topological polar surface area (TPSA) is 0 Å². The van der Waals surface area contributed by atoms with Crippen LogP contribution in [0.5, 0.6) is 0 Å². The molecule has 128 valence electrons. The second-order valence-corrected chi connectivity index (χ2v) is 8.86. The largest absolute Gasteiger partial charge is 0.125 e. The van der Waals surface area contributed by atoms with Gasteiger partial charge in [0, 0.05) is 11.3 Å². The third-order valence-corrected chi connectivity index (χ3v) is 5.59. The summed E-state index contributed by atoms with van der Waals surface area (Å²) in [5, 5.41) is 0. The molecule has 0 aromatic heterocycles. The number of alkyl halides is 1. The van der Waals surface area contributed by atoms with E-state index in [4.69, 9.17) is 11.6 Å². The lowest BCUT2D eigenvalue weighted by Crippen LogP contribution is -2.18. The van der Waals surface area contributed by atoms with Crippen molar-refractivity contribution in [3.8, 4) is 0 Å². The molecular formula is C22H33Cl. The van der Waals surface area contributed by atoms with E-state index in [2.05, 4.69) is 58.0 Å². The van der Waals surface area contributed by atoms with Crippen LogP contribution in [0.4, 0.5) is 0 Å². The van der Waals surface area contributed by atoms with Gasteiger partial charge in [-0.25, -0.2) is 0 Å². The Labute approximate surface area is 148 Å². The van der Waals surface area contributed by atoms with Crippen molar-refractivity contribution in [2.45, 2.75) is 78.1 Å². The average Bonchev–Trinajstić information content (AvgIpc) is 2.79. The average molecular weight is 333 g/mol. The Morgan fingerprint density at radius 1 is 0.957 bits per heavy atom. The van der Waals surface area contributed by atoms with Crippen LogP contribution < -0.4 is 0 Å². The number of hydrogen-bond acceptors (Lipinski definition) is 0. The normalized spacial score (nSPS) is 20.5. The summed E-state index contributed by atoms with van der Waals surface area (Å²) in [4.78, 5) is 0. The van der Waals surface area contributed by atoms with Crippen LogP contribution in [0.25, 0.3) is 5.57 Å². The Kier molecular flexibility index (Phi) is 6.37. The molecule has 0 amide bonds. The Hall–Kier alpha value is -0.750. The van der Waals surface area contributed by atoms with Crippen LogP contribution in [0, 0.1) is 5.41 Å². The number of fused-ring (bicyclic) bond motifs is 1. The molecule has 1 heteroatoms. The maximum absolute atomic E-state index is 6.25. The Bertz CT molecular complexity index is 535. The molecule has 1 aliphatic rings. The van der Waals surface area contributed by atoms with Crippen molar-refractivity contribution < 1.29 is 0 Å². The summed E-state index contributed by atoms with van der Waals surface area (Å²) in [7, 11) is 0. The lowest BCUT2D eigenvalue weighted by Gasteiger charge is -2.20. The predicted octanol–water partition coefficient (Wildman–Crippen LogP) is 7.36. The van der Waals surface area contributed by atoms with Crippen LogP contribution in [-0.2, 0) is 5.41 Å². The molecule has 0 N–H and O–H groups in total. The fraction of sp³-hybridized carbons (Fsp3) is 0.636. The number of unbranched alkanes of at least 4 members (excludes halogenated alkanes) is 4. The first kappa shape index (κ1) is 18.6. The summed E-state index contributed by atoms with van der Waals surface area (Å²) in [5.74, 6) is 0.667. The van der Waals surface area contributed by atoms with Crippen molar-refractivity contribution in [2.75, 3.05) is 5.88 Å². The molecule has 0 radical (unpaired) electrons. The summed E-state index contributed by atoms with van der Waals surface area (Å²) in [6.07, 6.45) is 11.7. The molecule has 0 aliphatic heterocycles. The van der Waals surface area contributed by atoms with Gasteiger partial charge in [0.2, 0.25) is 0 Å². The van der Waals surface area contributed by atoms with Gasteiger partial charge in [0.1, 0.15) is 0 Å². The van der Waals surface area contributed by atoms with Crippen molar-refractivity contribution in [1.82, 2.24) is 0 Å². The summed E-state index contributed by atoms with van der Waals surface area (Å²) < 4.78 is 0. The smallest absolute Gasteiger partial charge is 0.0353 e. The maximum atomic E-state index is 6.25. The molecule has 1 aromatic carbocycles. The zero-order valence-electron chi connectivity index (χ0n) is 15.4. The van der Waals surface area contributed by atoms with E-state index in [1.165, 1.54) is 61.6 Å². The molecule has 0 saturated heterocycles. The molecule has 0 heterocycles. The van der Waals surface area contributed by atoms with Gasteiger partial charge in [-0.1, -0.05) is 83.7 Å². The van der Waals surface area contributed by atoms with Gasteiger partial charge in [0.25, 0.3) is 0 Å². The van der Waals surface area contributed by atoms with Crippen LogP contribution >= 0.6 is 11.6 Å². The second kappa shape index (κ2) is 7.88. The highest BCUT2D eigenvalue weighted by Crippen LogP contribution is 2.43. The van der Waals surface area contributed by atoms with Crippen LogP contribution in [0.15, 0.2) is 30.3 Å². The van der Waals surface area contributed by atoms with Crippen molar-refractivity contribution in [3.63, 3.8) is 0 Å². The van der Waals surface area contributed by atoms with Crippen molar-refractivity contribution in [2.24, 2.45) is 5.41 Å².